The average molecular weight is 395 g/mol. The van der Waals surface area contributed by atoms with E-state index in [0.29, 0.717) is 11.5 Å². The highest BCUT2D eigenvalue weighted by atomic mass is 16.4. The Morgan fingerprint density at radius 1 is 0.900 bits per heavy atom. The predicted octanol–water partition coefficient (Wildman–Crippen LogP) is 3.53. The number of hydrogen-bond donors (Lipinski definition) is 1. The molecule has 0 fully saturated rings. The van der Waals surface area contributed by atoms with Gasteiger partial charge in [-0.05, 0) is 17.7 Å². The van der Waals surface area contributed by atoms with E-state index in [0.717, 1.165) is 22.4 Å². The topological polar surface area (TPSA) is 93.3 Å². The molecular formula is C23H17N5O2. The summed E-state index contributed by atoms with van der Waals surface area (Å²) in [5.74, 6) is 0.247. The van der Waals surface area contributed by atoms with Crippen LogP contribution < -0.4 is 5.32 Å². The summed E-state index contributed by atoms with van der Waals surface area (Å²) < 4.78 is 5.68. The number of rotatable bonds is 4. The van der Waals surface area contributed by atoms with Crippen molar-refractivity contribution in [3.05, 3.63) is 95.8 Å². The van der Waals surface area contributed by atoms with Crippen LogP contribution in [0.5, 0.6) is 0 Å². The largest absolute Gasteiger partial charge is 0.403 e. The normalized spacial score (nSPS) is 15.8. The van der Waals surface area contributed by atoms with Crippen molar-refractivity contribution >= 4 is 17.5 Å². The first-order valence-corrected chi connectivity index (χ1v) is 9.52. The minimum Gasteiger partial charge on any atom is -0.403 e. The maximum atomic E-state index is 13.0. The van der Waals surface area contributed by atoms with Crippen molar-refractivity contribution in [2.45, 2.75) is 12.6 Å². The third-order valence-corrected chi connectivity index (χ3v) is 4.84. The van der Waals surface area contributed by atoms with Crippen LogP contribution in [-0.2, 0) is 11.2 Å². The summed E-state index contributed by atoms with van der Waals surface area (Å²) >= 11 is 0. The molecule has 3 heterocycles. The van der Waals surface area contributed by atoms with Gasteiger partial charge in [0.05, 0.1) is 11.3 Å². The number of anilines is 1. The summed E-state index contributed by atoms with van der Waals surface area (Å²) in [6.45, 7) is 0. The Labute approximate surface area is 172 Å². The van der Waals surface area contributed by atoms with Crippen molar-refractivity contribution in [3.63, 3.8) is 0 Å². The van der Waals surface area contributed by atoms with Crippen LogP contribution in [0, 0.1) is 0 Å². The fourth-order valence-electron chi connectivity index (χ4n) is 3.40. The average Bonchev–Trinajstić information content (AvgIpc) is 3.21. The molecule has 2 aromatic heterocycles. The zero-order chi connectivity index (χ0) is 20.3. The summed E-state index contributed by atoms with van der Waals surface area (Å²) in [5.41, 5.74) is 4.28. The van der Waals surface area contributed by atoms with E-state index in [1.807, 2.05) is 60.7 Å². The minimum absolute atomic E-state index is 0.0745. The number of aliphatic imine (C=N–C) groups is 1. The molecule has 0 amide bonds. The van der Waals surface area contributed by atoms with Crippen LogP contribution in [0.15, 0.2) is 88.5 Å². The van der Waals surface area contributed by atoms with E-state index in [4.69, 9.17) is 9.41 Å². The number of ketones is 1. The number of aromatic nitrogens is 3. The van der Waals surface area contributed by atoms with Crippen LogP contribution in [-0.4, -0.2) is 32.8 Å². The lowest BCUT2D eigenvalue weighted by Crippen LogP contribution is -2.29. The van der Waals surface area contributed by atoms with E-state index in [1.165, 1.54) is 0 Å². The van der Waals surface area contributed by atoms with Gasteiger partial charge in [-0.3, -0.25) is 14.8 Å². The molecule has 0 saturated heterocycles. The molecule has 1 aliphatic heterocycles. The Balaban J connectivity index is 1.51. The zero-order valence-corrected chi connectivity index (χ0v) is 15.9. The number of fused-ring (bicyclic) bond motifs is 1. The molecular weight excluding hydrogens is 378 g/mol. The number of hydrogen-bond acceptors (Lipinski definition) is 7. The Bertz CT molecular complexity index is 1220. The monoisotopic (exact) mass is 395 g/mol. The first kappa shape index (κ1) is 17.9. The molecule has 5 rings (SSSR count). The van der Waals surface area contributed by atoms with E-state index in [2.05, 4.69) is 20.5 Å². The second kappa shape index (κ2) is 7.71. The number of benzene rings is 2. The van der Waals surface area contributed by atoms with Gasteiger partial charge in [-0.15, -0.1) is 5.10 Å². The maximum absolute atomic E-state index is 13.0. The highest BCUT2D eigenvalue weighted by molar-refractivity contribution is 6.16. The molecule has 1 N–H and O–H groups in total. The molecule has 30 heavy (non-hydrogen) atoms. The van der Waals surface area contributed by atoms with Crippen LogP contribution in [0.2, 0.25) is 0 Å². The number of nitrogens with one attached hydrogen (secondary N) is 1. The quantitative estimate of drug-likeness (QED) is 0.568. The molecule has 7 nitrogen and oxygen atoms in total. The molecule has 1 atom stereocenters. The van der Waals surface area contributed by atoms with Gasteiger partial charge in [-0.1, -0.05) is 59.7 Å². The molecule has 0 radical (unpaired) electrons. The van der Waals surface area contributed by atoms with Gasteiger partial charge in [-0.2, -0.15) is 0 Å². The lowest BCUT2D eigenvalue weighted by atomic mass is 9.96. The van der Waals surface area contributed by atoms with Gasteiger partial charge < -0.3 is 9.73 Å². The van der Waals surface area contributed by atoms with Crippen molar-refractivity contribution in [2.75, 3.05) is 5.32 Å². The lowest BCUT2D eigenvalue weighted by Gasteiger charge is -2.11. The fourth-order valence-corrected chi connectivity index (χ4v) is 3.40. The third kappa shape index (κ3) is 3.48. The molecule has 0 aliphatic carbocycles. The molecule has 0 saturated carbocycles. The van der Waals surface area contributed by atoms with Crippen molar-refractivity contribution in [1.82, 2.24) is 15.2 Å². The Kier molecular flexibility index (Phi) is 4.61. The maximum Gasteiger partial charge on any atom is 0.317 e. The van der Waals surface area contributed by atoms with E-state index in [9.17, 15) is 4.79 Å². The van der Waals surface area contributed by atoms with E-state index in [-0.39, 0.29) is 18.2 Å². The first-order valence-electron chi connectivity index (χ1n) is 9.52. The molecule has 2 aromatic carbocycles. The van der Waals surface area contributed by atoms with E-state index < -0.39 is 6.17 Å². The van der Waals surface area contributed by atoms with Crippen LogP contribution in [0.4, 0.5) is 6.01 Å². The summed E-state index contributed by atoms with van der Waals surface area (Å²) in [4.78, 5) is 21.8. The van der Waals surface area contributed by atoms with Crippen molar-refractivity contribution in [1.29, 1.82) is 0 Å². The van der Waals surface area contributed by atoms with Gasteiger partial charge in [-0.25, -0.2) is 0 Å². The Morgan fingerprint density at radius 3 is 2.53 bits per heavy atom. The molecule has 0 bridgehead atoms. The second-order valence-electron chi connectivity index (χ2n) is 6.84. The van der Waals surface area contributed by atoms with Gasteiger partial charge in [0.15, 0.2) is 11.9 Å². The van der Waals surface area contributed by atoms with Crippen molar-refractivity contribution in [2.24, 2.45) is 4.99 Å². The molecule has 7 heteroatoms. The summed E-state index contributed by atoms with van der Waals surface area (Å²) in [7, 11) is 0. The highest BCUT2D eigenvalue weighted by Crippen LogP contribution is 2.24. The molecule has 146 valence electrons. The van der Waals surface area contributed by atoms with Gasteiger partial charge in [0, 0.05) is 29.9 Å². The lowest BCUT2D eigenvalue weighted by molar-refractivity contribution is -0.119. The number of carbonyl (C=O) groups is 1. The van der Waals surface area contributed by atoms with Gasteiger partial charge in [0.25, 0.3) is 5.89 Å². The van der Waals surface area contributed by atoms with Gasteiger partial charge >= 0.3 is 6.01 Å². The molecule has 0 unspecified atom stereocenters. The van der Waals surface area contributed by atoms with E-state index in [1.54, 1.807) is 18.5 Å². The van der Waals surface area contributed by atoms with Crippen LogP contribution in [0.1, 0.15) is 16.7 Å². The SMILES string of the molecule is O=C1Cc2ccccc2C(c2ccccc2)=N[C@@H]1Nc1nnc(-c2cccnc2)o1. The highest BCUT2D eigenvalue weighted by Gasteiger charge is 2.27. The summed E-state index contributed by atoms with van der Waals surface area (Å²) in [6.07, 6.45) is 2.73. The third-order valence-electron chi connectivity index (χ3n) is 4.84. The molecule has 1 aliphatic rings. The first-order chi connectivity index (χ1) is 14.8. The van der Waals surface area contributed by atoms with Crippen LogP contribution in [0.25, 0.3) is 11.5 Å². The fraction of sp³-hybridized carbons (Fsp3) is 0.0870. The Morgan fingerprint density at radius 2 is 1.70 bits per heavy atom. The van der Waals surface area contributed by atoms with E-state index >= 15 is 0 Å². The van der Waals surface area contributed by atoms with Crippen LogP contribution in [0.3, 0.4) is 0 Å². The van der Waals surface area contributed by atoms with Gasteiger partial charge in [0.2, 0.25) is 0 Å². The van der Waals surface area contributed by atoms with Crippen LogP contribution >= 0.6 is 0 Å². The van der Waals surface area contributed by atoms with Crippen molar-refractivity contribution in [3.8, 4) is 11.5 Å². The Hall–Kier alpha value is -4.13. The number of pyridine rings is 1. The van der Waals surface area contributed by atoms with Gasteiger partial charge in [0.1, 0.15) is 0 Å². The minimum atomic E-state index is -0.838. The second-order valence-corrected chi connectivity index (χ2v) is 6.84. The summed E-state index contributed by atoms with van der Waals surface area (Å²) in [5, 5.41) is 11.1. The number of nitrogens with zero attached hydrogens (tertiary/aromatic N) is 4. The van der Waals surface area contributed by atoms with Crippen molar-refractivity contribution < 1.29 is 9.21 Å². The molecule has 4 aromatic rings. The number of Topliss-reactive ketones (excluding diaryl/α,β-unsaturated/α-hetero) is 1. The number of carbonyl (C=O) groups excluding carboxylic acids is 1. The molecule has 0 spiro atoms. The standard InChI is InChI=1S/C23H17N5O2/c29-19-13-16-9-4-5-11-18(16)20(15-7-2-1-3-8-15)25-21(19)26-23-28-27-22(30-23)17-10-6-12-24-14-17/h1-12,14,21H,13H2,(H,26,28)/t21-/m1/s1. The zero-order valence-electron chi connectivity index (χ0n) is 15.9. The smallest absolute Gasteiger partial charge is 0.317 e. The summed E-state index contributed by atoms with van der Waals surface area (Å²) in [6, 6.07) is 21.4. The predicted molar refractivity (Wildman–Crippen MR) is 112 cm³/mol.